The van der Waals surface area contributed by atoms with Crippen molar-refractivity contribution in [2.75, 3.05) is 34.5 Å². The van der Waals surface area contributed by atoms with Crippen molar-refractivity contribution in [1.82, 2.24) is 4.90 Å². The van der Waals surface area contributed by atoms with Crippen molar-refractivity contribution in [3.63, 3.8) is 0 Å². The summed E-state index contributed by atoms with van der Waals surface area (Å²) in [4.78, 5) is 26.5. The molecule has 0 radical (unpaired) electrons. The lowest BCUT2D eigenvalue weighted by Gasteiger charge is -2.38. The molecule has 3 aromatic carbocycles. The second-order valence-electron chi connectivity index (χ2n) is 11.6. The molecule has 1 heterocycles. The number of likely N-dealkylation sites (tertiary alicyclic amines) is 1. The number of β-amino-alcohol motifs (C(OH)–C–C–N with tert-alkyl or cyclic N) is 1. The Morgan fingerprint density at radius 1 is 0.733 bits per heavy atom. The Morgan fingerprint density at radius 2 is 1.24 bits per heavy atom. The first-order chi connectivity index (χ1) is 21.9. The zero-order valence-electron chi connectivity index (χ0n) is 26.8. The van der Waals surface area contributed by atoms with Crippen molar-refractivity contribution in [1.29, 1.82) is 0 Å². The fourth-order valence-corrected chi connectivity index (χ4v) is 6.15. The highest BCUT2D eigenvalue weighted by molar-refractivity contribution is 5.77. The number of nitrogens with zero attached hydrogens (tertiary/aromatic N) is 1. The monoisotopic (exact) mass is 617 g/mol. The standard InChI is InChI=1S/C37H47NO7/c1-42-33-21-17-29(18-22-33)37(28-13-9-8-10-14-28,30-19-23-34(43-2)24-20-30)45-27-31-25-32(39)26-38(31)35(40)15-11-6-4-5-7-12-16-36(41)44-3/h8-10,13-14,17-24,31-32,39H,4-7,11-12,15-16,25-27H2,1-3H3/t31-,32+/m0/s1. The second-order valence-corrected chi connectivity index (χ2v) is 11.6. The van der Waals surface area contributed by atoms with Crippen LogP contribution in [0.2, 0.25) is 0 Å². The Balaban J connectivity index is 1.50. The van der Waals surface area contributed by atoms with Crippen LogP contribution in [0.4, 0.5) is 0 Å². The molecule has 45 heavy (non-hydrogen) atoms. The fraction of sp³-hybridized carbons (Fsp3) is 0.459. The number of aliphatic hydroxyl groups excluding tert-OH is 1. The lowest BCUT2D eigenvalue weighted by atomic mass is 9.80. The smallest absolute Gasteiger partial charge is 0.305 e. The number of carbonyl (C=O) groups is 2. The van der Waals surface area contributed by atoms with Crippen molar-refractivity contribution in [3.05, 3.63) is 95.6 Å². The SMILES string of the molecule is COC(=O)CCCCCCCCC(=O)N1C[C@H](O)C[C@H]1COC(c1ccccc1)(c1ccc(OC)cc1)c1ccc(OC)cc1. The molecule has 1 saturated heterocycles. The number of benzene rings is 3. The molecule has 1 aliphatic heterocycles. The van der Waals surface area contributed by atoms with E-state index in [1.807, 2.05) is 66.7 Å². The van der Waals surface area contributed by atoms with E-state index in [1.165, 1.54) is 7.11 Å². The van der Waals surface area contributed by atoms with E-state index in [1.54, 1.807) is 19.1 Å². The van der Waals surface area contributed by atoms with Gasteiger partial charge in [-0.25, -0.2) is 0 Å². The third-order valence-electron chi connectivity index (χ3n) is 8.63. The topological polar surface area (TPSA) is 94.5 Å². The lowest BCUT2D eigenvalue weighted by molar-refractivity contribution is -0.140. The lowest BCUT2D eigenvalue weighted by Crippen LogP contribution is -2.42. The van der Waals surface area contributed by atoms with Gasteiger partial charge >= 0.3 is 5.97 Å². The summed E-state index contributed by atoms with van der Waals surface area (Å²) >= 11 is 0. The number of carbonyl (C=O) groups excluding carboxylic acids is 2. The highest BCUT2D eigenvalue weighted by Crippen LogP contribution is 2.42. The minimum absolute atomic E-state index is 0.0463. The van der Waals surface area contributed by atoms with Gasteiger partial charge < -0.3 is 29.0 Å². The molecular formula is C37H47NO7. The Kier molecular flexibility index (Phi) is 12.8. The largest absolute Gasteiger partial charge is 0.497 e. The van der Waals surface area contributed by atoms with Gasteiger partial charge in [-0.3, -0.25) is 9.59 Å². The van der Waals surface area contributed by atoms with Crippen LogP contribution in [0.15, 0.2) is 78.9 Å². The third kappa shape index (κ3) is 8.86. The average Bonchev–Trinajstić information content (AvgIpc) is 3.47. The summed E-state index contributed by atoms with van der Waals surface area (Å²) in [5.74, 6) is 1.37. The van der Waals surface area contributed by atoms with Crippen LogP contribution in [0.3, 0.4) is 0 Å². The zero-order valence-corrected chi connectivity index (χ0v) is 26.8. The Morgan fingerprint density at radius 3 is 1.78 bits per heavy atom. The van der Waals surface area contributed by atoms with E-state index in [2.05, 4.69) is 16.9 Å². The molecule has 4 rings (SSSR count). The van der Waals surface area contributed by atoms with Gasteiger partial charge in [0.2, 0.25) is 5.91 Å². The molecular weight excluding hydrogens is 570 g/mol. The van der Waals surface area contributed by atoms with Crippen LogP contribution in [-0.4, -0.2) is 68.5 Å². The van der Waals surface area contributed by atoms with E-state index in [0.717, 1.165) is 66.7 Å². The van der Waals surface area contributed by atoms with Crippen LogP contribution in [0, 0.1) is 0 Å². The molecule has 0 aliphatic carbocycles. The van der Waals surface area contributed by atoms with Crippen molar-refractivity contribution >= 4 is 11.9 Å². The van der Waals surface area contributed by atoms with Gasteiger partial charge in [-0.05, 0) is 60.2 Å². The quantitative estimate of drug-likeness (QED) is 0.108. The van der Waals surface area contributed by atoms with Crippen molar-refractivity contribution in [3.8, 4) is 11.5 Å². The van der Waals surface area contributed by atoms with Gasteiger partial charge in [0.05, 0.1) is 40.1 Å². The van der Waals surface area contributed by atoms with Gasteiger partial charge in [-0.1, -0.05) is 80.3 Å². The maximum atomic E-state index is 13.4. The maximum absolute atomic E-state index is 13.4. The van der Waals surface area contributed by atoms with Crippen molar-refractivity contribution in [2.45, 2.75) is 75.5 Å². The molecule has 1 N–H and O–H groups in total. The van der Waals surface area contributed by atoms with Gasteiger partial charge in [0.25, 0.3) is 0 Å². The van der Waals surface area contributed by atoms with Gasteiger partial charge in [-0.2, -0.15) is 0 Å². The molecule has 1 amide bonds. The van der Waals surface area contributed by atoms with E-state index in [4.69, 9.17) is 14.2 Å². The first kappa shape index (κ1) is 34.0. The first-order valence-corrected chi connectivity index (χ1v) is 15.9. The molecule has 8 heteroatoms. The average molecular weight is 618 g/mol. The Bertz CT molecular complexity index is 1280. The number of ether oxygens (including phenoxy) is 4. The van der Waals surface area contributed by atoms with Crippen LogP contribution in [0.1, 0.15) is 74.5 Å². The van der Waals surface area contributed by atoms with Crippen LogP contribution in [0.25, 0.3) is 0 Å². The second kappa shape index (κ2) is 17.0. The highest BCUT2D eigenvalue weighted by Gasteiger charge is 2.41. The van der Waals surface area contributed by atoms with Gasteiger partial charge in [-0.15, -0.1) is 0 Å². The maximum Gasteiger partial charge on any atom is 0.305 e. The molecule has 1 fully saturated rings. The minimum atomic E-state index is -0.990. The van der Waals surface area contributed by atoms with E-state index in [-0.39, 0.29) is 24.5 Å². The summed E-state index contributed by atoms with van der Waals surface area (Å²) in [6, 6.07) is 25.6. The molecule has 0 unspecified atom stereocenters. The zero-order chi connectivity index (χ0) is 32.1. The van der Waals surface area contributed by atoms with Crippen LogP contribution >= 0.6 is 0 Å². The van der Waals surface area contributed by atoms with Crippen LogP contribution in [0.5, 0.6) is 11.5 Å². The molecule has 242 valence electrons. The molecule has 8 nitrogen and oxygen atoms in total. The van der Waals surface area contributed by atoms with Gasteiger partial charge in [0, 0.05) is 19.4 Å². The number of aliphatic hydroxyl groups is 1. The fourth-order valence-electron chi connectivity index (χ4n) is 6.15. The highest BCUT2D eigenvalue weighted by atomic mass is 16.5. The van der Waals surface area contributed by atoms with Crippen LogP contribution in [-0.2, 0) is 24.7 Å². The van der Waals surface area contributed by atoms with E-state index >= 15 is 0 Å². The molecule has 1 aliphatic rings. The molecule has 3 aromatic rings. The van der Waals surface area contributed by atoms with Crippen LogP contribution < -0.4 is 9.47 Å². The number of amides is 1. The summed E-state index contributed by atoms with van der Waals surface area (Å²) in [7, 11) is 4.70. The summed E-state index contributed by atoms with van der Waals surface area (Å²) < 4.78 is 22.6. The predicted octanol–water partition coefficient (Wildman–Crippen LogP) is 6.27. The summed E-state index contributed by atoms with van der Waals surface area (Å²) in [5.41, 5.74) is 1.80. The molecule has 0 saturated carbocycles. The number of unbranched alkanes of at least 4 members (excludes halogenated alkanes) is 5. The Labute approximate surface area is 267 Å². The number of methoxy groups -OCH3 is 3. The Hall–Kier alpha value is -3.88. The number of hydrogen-bond donors (Lipinski definition) is 1. The third-order valence-corrected chi connectivity index (χ3v) is 8.63. The number of hydrogen-bond acceptors (Lipinski definition) is 7. The van der Waals surface area contributed by atoms with E-state index < -0.39 is 11.7 Å². The summed E-state index contributed by atoms with van der Waals surface area (Å²) in [5, 5.41) is 10.7. The molecule has 0 spiro atoms. The summed E-state index contributed by atoms with van der Waals surface area (Å²) in [6.07, 6.45) is 6.37. The summed E-state index contributed by atoms with van der Waals surface area (Å²) in [6.45, 7) is 0.555. The number of rotatable bonds is 17. The molecule has 0 bridgehead atoms. The van der Waals surface area contributed by atoms with E-state index in [9.17, 15) is 14.7 Å². The van der Waals surface area contributed by atoms with Gasteiger partial charge in [0.1, 0.15) is 17.1 Å². The molecule has 2 atom stereocenters. The van der Waals surface area contributed by atoms with E-state index in [0.29, 0.717) is 25.8 Å². The van der Waals surface area contributed by atoms with Crippen molar-refractivity contribution < 1.29 is 33.6 Å². The molecule has 0 aromatic heterocycles. The number of esters is 1. The van der Waals surface area contributed by atoms with Crippen molar-refractivity contribution in [2.24, 2.45) is 0 Å². The predicted molar refractivity (Wildman–Crippen MR) is 173 cm³/mol. The first-order valence-electron chi connectivity index (χ1n) is 15.9. The van der Waals surface area contributed by atoms with Gasteiger partial charge in [0.15, 0.2) is 0 Å². The minimum Gasteiger partial charge on any atom is -0.497 e. The normalized spacial score (nSPS) is 16.4.